The summed E-state index contributed by atoms with van der Waals surface area (Å²) in [6.07, 6.45) is 1.94. The lowest BCUT2D eigenvalue weighted by molar-refractivity contribution is -0.138. The summed E-state index contributed by atoms with van der Waals surface area (Å²) >= 11 is 0. The second-order valence-corrected chi connectivity index (χ2v) is 6.89. The summed E-state index contributed by atoms with van der Waals surface area (Å²) in [6, 6.07) is 9.40. The molecule has 1 unspecified atom stereocenters. The van der Waals surface area contributed by atoms with Gasteiger partial charge in [0.05, 0.1) is 35.5 Å². The minimum Gasteiger partial charge on any atom is -0.481 e. The maximum Gasteiger partial charge on any atom is 0.305 e. The second-order valence-electron chi connectivity index (χ2n) is 6.89. The van der Waals surface area contributed by atoms with Crippen LogP contribution in [0.15, 0.2) is 36.5 Å². The van der Waals surface area contributed by atoms with Crippen LogP contribution in [0, 0.1) is 6.92 Å². The Kier molecular flexibility index (Phi) is 4.52. The molecule has 0 saturated carbocycles. The van der Waals surface area contributed by atoms with E-state index in [0.29, 0.717) is 18.7 Å². The molecule has 1 aliphatic heterocycles. The summed E-state index contributed by atoms with van der Waals surface area (Å²) in [6.45, 7) is 2.31. The quantitative estimate of drug-likeness (QED) is 0.687. The fourth-order valence-corrected chi connectivity index (χ4v) is 3.52. The molecule has 2 aromatic heterocycles. The Labute approximate surface area is 160 Å². The number of pyridine rings is 1. The summed E-state index contributed by atoms with van der Waals surface area (Å²) in [4.78, 5) is 28.4. The number of aromatic nitrogens is 4. The van der Waals surface area contributed by atoms with Crippen LogP contribution in [0.25, 0.3) is 16.6 Å². The Hall–Kier alpha value is -3.33. The van der Waals surface area contributed by atoms with Gasteiger partial charge < -0.3 is 15.2 Å². The average Bonchev–Trinajstić information content (AvgIpc) is 3.27. The van der Waals surface area contributed by atoms with Crippen molar-refractivity contribution in [3.63, 3.8) is 0 Å². The lowest BCUT2D eigenvalue weighted by Crippen LogP contribution is -2.50. The first kappa shape index (κ1) is 18.1. The number of aliphatic carboxylic acids is 1. The Morgan fingerprint density at radius 2 is 2.18 bits per heavy atom. The Bertz CT molecular complexity index is 1050. The van der Waals surface area contributed by atoms with Crippen molar-refractivity contribution >= 4 is 22.8 Å². The van der Waals surface area contributed by atoms with Crippen LogP contribution < -0.4 is 5.32 Å². The van der Waals surface area contributed by atoms with Gasteiger partial charge in [-0.1, -0.05) is 11.3 Å². The van der Waals surface area contributed by atoms with Gasteiger partial charge in [0, 0.05) is 18.2 Å². The number of carboxylic acid groups (broad SMARTS) is 1. The fourth-order valence-electron chi connectivity index (χ4n) is 3.52. The predicted octanol–water partition coefficient (Wildman–Crippen LogP) is 1.49. The lowest BCUT2D eigenvalue weighted by Gasteiger charge is -2.26. The van der Waals surface area contributed by atoms with Crippen molar-refractivity contribution in [1.29, 1.82) is 0 Å². The van der Waals surface area contributed by atoms with Gasteiger partial charge in [0.15, 0.2) is 5.69 Å². The Balaban J connectivity index is 1.66. The summed E-state index contributed by atoms with van der Waals surface area (Å²) < 4.78 is 6.92. The van der Waals surface area contributed by atoms with Gasteiger partial charge in [-0.2, -0.15) is 0 Å². The van der Waals surface area contributed by atoms with Crippen LogP contribution >= 0.6 is 0 Å². The molecular weight excluding hydrogens is 362 g/mol. The molecule has 1 saturated heterocycles. The van der Waals surface area contributed by atoms with Crippen molar-refractivity contribution in [2.75, 3.05) is 13.2 Å². The normalized spacial score (nSPS) is 19.0. The Morgan fingerprint density at radius 3 is 2.93 bits per heavy atom. The summed E-state index contributed by atoms with van der Waals surface area (Å²) in [5.41, 5.74) is 1.35. The first-order chi connectivity index (χ1) is 13.5. The molecule has 1 fully saturated rings. The third-order valence-corrected chi connectivity index (χ3v) is 4.93. The van der Waals surface area contributed by atoms with Crippen molar-refractivity contribution in [2.45, 2.75) is 25.3 Å². The van der Waals surface area contributed by atoms with Crippen molar-refractivity contribution < 1.29 is 19.4 Å². The van der Waals surface area contributed by atoms with E-state index in [-0.39, 0.29) is 18.7 Å². The smallest absolute Gasteiger partial charge is 0.305 e. The van der Waals surface area contributed by atoms with Crippen LogP contribution in [0.1, 0.15) is 29.0 Å². The first-order valence-electron chi connectivity index (χ1n) is 8.88. The van der Waals surface area contributed by atoms with Crippen molar-refractivity contribution in [3.05, 3.63) is 47.9 Å². The monoisotopic (exact) mass is 381 g/mol. The minimum absolute atomic E-state index is 0.151. The zero-order valence-corrected chi connectivity index (χ0v) is 15.3. The number of fused-ring (bicyclic) bond motifs is 1. The summed E-state index contributed by atoms with van der Waals surface area (Å²) in [7, 11) is 0. The zero-order valence-electron chi connectivity index (χ0n) is 15.3. The van der Waals surface area contributed by atoms with E-state index in [9.17, 15) is 14.7 Å². The standard InChI is InChI=1S/C19H19N5O4/c1-12-17(18(27)21-19(10-16(25)26)7-9-28-11-19)22-23-24(12)15-6-2-5-14-13(15)4-3-8-20-14/h2-6,8H,7,9-11H2,1H3,(H,21,27)(H,25,26). The maximum atomic E-state index is 12.8. The van der Waals surface area contributed by atoms with Gasteiger partial charge in [-0.05, 0) is 37.6 Å². The topological polar surface area (TPSA) is 119 Å². The van der Waals surface area contributed by atoms with Gasteiger partial charge in [0.1, 0.15) is 0 Å². The summed E-state index contributed by atoms with van der Waals surface area (Å²) in [5, 5.41) is 21.1. The number of hydrogen-bond donors (Lipinski definition) is 2. The van der Waals surface area contributed by atoms with Crippen LogP contribution in [0.5, 0.6) is 0 Å². The highest BCUT2D eigenvalue weighted by Crippen LogP contribution is 2.25. The number of amides is 1. The van der Waals surface area contributed by atoms with Crippen LogP contribution in [-0.4, -0.2) is 55.7 Å². The third kappa shape index (κ3) is 3.20. The fraction of sp³-hybridized carbons (Fsp3) is 0.316. The number of nitrogens with zero attached hydrogens (tertiary/aromatic N) is 4. The highest BCUT2D eigenvalue weighted by molar-refractivity contribution is 5.94. The molecular formula is C19H19N5O4. The van der Waals surface area contributed by atoms with Crippen molar-refractivity contribution in [2.24, 2.45) is 0 Å². The Morgan fingerprint density at radius 1 is 1.32 bits per heavy atom. The number of hydrogen-bond acceptors (Lipinski definition) is 6. The average molecular weight is 381 g/mol. The van der Waals surface area contributed by atoms with Gasteiger partial charge in [0.25, 0.3) is 5.91 Å². The van der Waals surface area contributed by atoms with Gasteiger partial charge in [-0.25, -0.2) is 4.68 Å². The number of carbonyl (C=O) groups excluding carboxylic acids is 1. The predicted molar refractivity (Wildman–Crippen MR) is 99.3 cm³/mol. The number of ether oxygens (including phenoxy) is 1. The molecule has 1 amide bonds. The van der Waals surface area contributed by atoms with Gasteiger partial charge in [0.2, 0.25) is 0 Å². The zero-order chi connectivity index (χ0) is 19.7. The van der Waals surface area contributed by atoms with E-state index in [2.05, 4.69) is 20.6 Å². The maximum absolute atomic E-state index is 12.8. The van der Waals surface area contributed by atoms with Crippen molar-refractivity contribution in [1.82, 2.24) is 25.3 Å². The first-order valence-corrected chi connectivity index (χ1v) is 8.88. The van der Waals surface area contributed by atoms with Crippen molar-refractivity contribution in [3.8, 4) is 5.69 Å². The van der Waals surface area contributed by atoms with Crippen LogP contribution in [-0.2, 0) is 9.53 Å². The van der Waals surface area contributed by atoms with E-state index >= 15 is 0 Å². The second kappa shape index (κ2) is 7.01. The number of carbonyl (C=O) groups is 2. The molecule has 1 aromatic carbocycles. The van der Waals surface area contributed by atoms with E-state index in [1.807, 2.05) is 30.3 Å². The lowest BCUT2D eigenvalue weighted by atomic mass is 9.94. The van der Waals surface area contributed by atoms with E-state index < -0.39 is 17.4 Å². The largest absolute Gasteiger partial charge is 0.481 e. The van der Waals surface area contributed by atoms with Gasteiger partial charge >= 0.3 is 5.97 Å². The molecule has 2 N–H and O–H groups in total. The molecule has 28 heavy (non-hydrogen) atoms. The molecule has 0 aliphatic carbocycles. The SMILES string of the molecule is Cc1c(C(=O)NC2(CC(=O)O)CCOC2)nnn1-c1cccc2ncccc12. The van der Waals surface area contributed by atoms with Gasteiger partial charge in [-0.15, -0.1) is 5.10 Å². The van der Waals surface area contributed by atoms with E-state index in [1.165, 1.54) is 0 Å². The molecule has 0 spiro atoms. The molecule has 1 atom stereocenters. The molecule has 4 rings (SSSR count). The van der Waals surface area contributed by atoms with E-state index in [1.54, 1.807) is 17.8 Å². The minimum atomic E-state index is -0.991. The summed E-state index contributed by atoms with van der Waals surface area (Å²) in [5.74, 6) is -1.46. The molecule has 0 bridgehead atoms. The number of benzene rings is 1. The van der Waals surface area contributed by atoms with E-state index in [4.69, 9.17) is 4.74 Å². The highest BCUT2D eigenvalue weighted by Gasteiger charge is 2.39. The third-order valence-electron chi connectivity index (χ3n) is 4.93. The molecule has 3 heterocycles. The van der Waals surface area contributed by atoms with E-state index in [0.717, 1.165) is 16.6 Å². The molecule has 9 heteroatoms. The molecule has 144 valence electrons. The molecule has 1 aliphatic rings. The van der Waals surface area contributed by atoms with Crippen LogP contribution in [0.2, 0.25) is 0 Å². The molecule has 3 aromatic rings. The van der Waals surface area contributed by atoms with Gasteiger partial charge in [-0.3, -0.25) is 14.6 Å². The molecule has 0 radical (unpaired) electrons. The number of nitrogens with one attached hydrogen (secondary N) is 1. The van der Waals surface area contributed by atoms with Crippen LogP contribution in [0.3, 0.4) is 0 Å². The molecule has 9 nitrogen and oxygen atoms in total. The number of carboxylic acids is 1. The number of rotatable bonds is 5. The highest BCUT2D eigenvalue weighted by atomic mass is 16.5. The van der Waals surface area contributed by atoms with Crippen LogP contribution in [0.4, 0.5) is 0 Å².